The van der Waals surface area contributed by atoms with Crippen molar-refractivity contribution in [2.75, 3.05) is 26.3 Å². The number of nitrogens with zero attached hydrogens (tertiary/aromatic N) is 1. The molecular weight excluding hydrogens is 314 g/mol. The van der Waals surface area contributed by atoms with Crippen molar-refractivity contribution in [2.24, 2.45) is 0 Å². The van der Waals surface area contributed by atoms with Crippen LogP contribution in [0.3, 0.4) is 0 Å². The van der Waals surface area contributed by atoms with E-state index in [4.69, 9.17) is 19.3 Å². The zero-order valence-electron chi connectivity index (χ0n) is 13.9. The van der Waals surface area contributed by atoms with Crippen molar-refractivity contribution in [1.82, 2.24) is 4.90 Å². The Bertz CT molecular complexity index is 559. The predicted molar refractivity (Wildman–Crippen MR) is 86.3 cm³/mol. The Kier molecular flexibility index (Phi) is 6.43. The van der Waals surface area contributed by atoms with Gasteiger partial charge in [0.1, 0.15) is 11.5 Å². The van der Waals surface area contributed by atoms with Gasteiger partial charge in [-0.25, -0.2) is 4.79 Å². The van der Waals surface area contributed by atoms with Crippen LogP contribution in [-0.4, -0.2) is 60.4 Å². The van der Waals surface area contributed by atoms with E-state index in [0.29, 0.717) is 18.9 Å². The number of aliphatic carboxylic acids is 1. The SMILES string of the molecule is CCCOc1ccc(OCC(=O)N2CC(C(=O)O)O[C@H](C)C2)cc1. The summed E-state index contributed by atoms with van der Waals surface area (Å²) in [7, 11) is 0. The molecule has 7 heteroatoms. The molecule has 1 aromatic rings. The third-order valence-corrected chi connectivity index (χ3v) is 3.55. The molecule has 1 heterocycles. The van der Waals surface area contributed by atoms with Gasteiger partial charge in [-0.15, -0.1) is 0 Å². The van der Waals surface area contributed by atoms with Crippen LogP contribution in [0.2, 0.25) is 0 Å². The minimum Gasteiger partial charge on any atom is -0.494 e. The van der Waals surface area contributed by atoms with Crippen LogP contribution in [0.25, 0.3) is 0 Å². The van der Waals surface area contributed by atoms with Crippen LogP contribution >= 0.6 is 0 Å². The molecule has 0 aromatic heterocycles. The molecule has 132 valence electrons. The third kappa shape index (κ3) is 5.13. The van der Waals surface area contributed by atoms with Crippen LogP contribution in [0.4, 0.5) is 0 Å². The summed E-state index contributed by atoms with van der Waals surface area (Å²) >= 11 is 0. The number of hydrogen-bond donors (Lipinski definition) is 1. The van der Waals surface area contributed by atoms with E-state index in [1.54, 1.807) is 31.2 Å². The van der Waals surface area contributed by atoms with Gasteiger partial charge in [0.25, 0.3) is 5.91 Å². The second-order valence-electron chi connectivity index (χ2n) is 5.68. The summed E-state index contributed by atoms with van der Waals surface area (Å²) in [6.45, 7) is 4.67. The van der Waals surface area contributed by atoms with Crippen LogP contribution in [0.15, 0.2) is 24.3 Å². The van der Waals surface area contributed by atoms with Crippen molar-refractivity contribution < 1.29 is 28.9 Å². The van der Waals surface area contributed by atoms with E-state index in [-0.39, 0.29) is 25.2 Å². The van der Waals surface area contributed by atoms with E-state index in [0.717, 1.165) is 12.2 Å². The molecular formula is C17H23NO6. The summed E-state index contributed by atoms with van der Waals surface area (Å²) in [6.07, 6.45) is -0.381. The van der Waals surface area contributed by atoms with Gasteiger partial charge in [-0.1, -0.05) is 6.92 Å². The van der Waals surface area contributed by atoms with Gasteiger partial charge in [0.05, 0.1) is 19.3 Å². The van der Waals surface area contributed by atoms with Crippen LogP contribution in [0, 0.1) is 0 Å². The average Bonchev–Trinajstić information content (AvgIpc) is 2.58. The summed E-state index contributed by atoms with van der Waals surface area (Å²) in [5.41, 5.74) is 0. The normalized spacial score (nSPS) is 20.5. The molecule has 0 aliphatic carbocycles. The standard InChI is InChI=1S/C17H23NO6/c1-3-8-22-13-4-6-14(7-5-13)23-11-16(19)18-9-12(2)24-15(10-18)17(20)21/h4-7,12,15H,3,8-11H2,1-2H3,(H,20,21)/t12-,15?/m1/s1. The van der Waals surface area contributed by atoms with E-state index in [1.165, 1.54) is 4.90 Å². The molecule has 1 aromatic carbocycles. The maximum absolute atomic E-state index is 12.2. The van der Waals surface area contributed by atoms with Crippen LogP contribution in [0.1, 0.15) is 20.3 Å². The average molecular weight is 337 g/mol. The maximum Gasteiger partial charge on any atom is 0.334 e. The molecule has 7 nitrogen and oxygen atoms in total. The Labute approximate surface area is 141 Å². The Hall–Kier alpha value is -2.28. The van der Waals surface area contributed by atoms with Crippen LogP contribution in [-0.2, 0) is 14.3 Å². The zero-order valence-corrected chi connectivity index (χ0v) is 13.9. The van der Waals surface area contributed by atoms with Gasteiger partial charge in [0, 0.05) is 6.54 Å². The van der Waals surface area contributed by atoms with Crippen molar-refractivity contribution in [1.29, 1.82) is 0 Å². The van der Waals surface area contributed by atoms with Crippen LogP contribution < -0.4 is 9.47 Å². The molecule has 1 saturated heterocycles. The lowest BCUT2D eigenvalue weighted by atomic mass is 10.2. The first-order valence-electron chi connectivity index (χ1n) is 8.01. The number of hydrogen-bond acceptors (Lipinski definition) is 5. The van der Waals surface area contributed by atoms with Crippen molar-refractivity contribution in [3.05, 3.63) is 24.3 Å². The second kappa shape index (κ2) is 8.54. The number of carboxylic acid groups (broad SMARTS) is 1. The number of ether oxygens (including phenoxy) is 3. The molecule has 24 heavy (non-hydrogen) atoms. The largest absolute Gasteiger partial charge is 0.494 e. The fourth-order valence-electron chi connectivity index (χ4n) is 2.38. The summed E-state index contributed by atoms with van der Waals surface area (Å²) in [5.74, 6) is -0.0178. The third-order valence-electron chi connectivity index (χ3n) is 3.55. The zero-order chi connectivity index (χ0) is 17.5. The molecule has 0 saturated carbocycles. The monoisotopic (exact) mass is 337 g/mol. The number of carbonyl (C=O) groups excluding carboxylic acids is 1. The molecule has 0 spiro atoms. The highest BCUT2D eigenvalue weighted by atomic mass is 16.5. The van der Waals surface area contributed by atoms with Gasteiger partial charge < -0.3 is 24.2 Å². The molecule has 0 bridgehead atoms. The fraction of sp³-hybridized carbons (Fsp3) is 0.529. The van der Waals surface area contributed by atoms with Crippen molar-refractivity contribution in [3.63, 3.8) is 0 Å². The molecule has 2 atom stereocenters. The fourth-order valence-corrected chi connectivity index (χ4v) is 2.38. The van der Waals surface area contributed by atoms with E-state index in [2.05, 4.69) is 0 Å². The Balaban J connectivity index is 1.84. The second-order valence-corrected chi connectivity index (χ2v) is 5.68. The lowest BCUT2D eigenvalue weighted by molar-refractivity contribution is -0.167. The number of benzene rings is 1. The van der Waals surface area contributed by atoms with Crippen LogP contribution in [0.5, 0.6) is 11.5 Å². The van der Waals surface area contributed by atoms with E-state index >= 15 is 0 Å². The molecule has 1 unspecified atom stereocenters. The smallest absolute Gasteiger partial charge is 0.334 e. The van der Waals surface area contributed by atoms with Crippen molar-refractivity contribution >= 4 is 11.9 Å². The Morgan fingerprint density at radius 2 is 1.83 bits per heavy atom. The van der Waals surface area contributed by atoms with Gasteiger partial charge in [0.15, 0.2) is 12.7 Å². The summed E-state index contributed by atoms with van der Waals surface area (Å²) in [4.78, 5) is 24.7. The topological polar surface area (TPSA) is 85.3 Å². The van der Waals surface area contributed by atoms with Gasteiger partial charge in [-0.05, 0) is 37.6 Å². The predicted octanol–water partition coefficient (Wildman–Crippen LogP) is 1.55. The van der Waals surface area contributed by atoms with Crippen molar-refractivity contribution in [3.8, 4) is 11.5 Å². The number of rotatable bonds is 7. The number of carboxylic acids is 1. The van der Waals surface area contributed by atoms with Gasteiger partial charge >= 0.3 is 5.97 Å². The first-order chi connectivity index (χ1) is 11.5. The van der Waals surface area contributed by atoms with E-state index in [1.807, 2.05) is 6.92 Å². The lowest BCUT2D eigenvalue weighted by Crippen LogP contribution is -2.52. The lowest BCUT2D eigenvalue weighted by Gasteiger charge is -2.34. The Morgan fingerprint density at radius 1 is 1.21 bits per heavy atom. The number of carbonyl (C=O) groups is 2. The Morgan fingerprint density at radius 3 is 2.42 bits per heavy atom. The summed E-state index contributed by atoms with van der Waals surface area (Å²) < 4.78 is 16.2. The first kappa shape index (κ1) is 18.1. The summed E-state index contributed by atoms with van der Waals surface area (Å²) in [6, 6.07) is 7.04. The van der Waals surface area contributed by atoms with Gasteiger partial charge in [-0.2, -0.15) is 0 Å². The summed E-state index contributed by atoms with van der Waals surface area (Å²) in [5, 5.41) is 9.04. The number of morpholine rings is 1. The molecule has 0 radical (unpaired) electrons. The molecule has 1 amide bonds. The van der Waals surface area contributed by atoms with Crippen molar-refractivity contribution in [2.45, 2.75) is 32.5 Å². The molecule has 1 aliphatic rings. The molecule has 1 fully saturated rings. The van der Waals surface area contributed by atoms with Gasteiger partial charge in [-0.3, -0.25) is 4.79 Å². The highest BCUT2D eigenvalue weighted by molar-refractivity contribution is 5.80. The minimum absolute atomic E-state index is 0.0334. The highest BCUT2D eigenvalue weighted by Gasteiger charge is 2.32. The van der Waals surface area contributed by atoms with Gasteiger partial charge in [0.2, 0.25) is 0 Å². The highest BCUT2D eigenvalue weighted by Crippen LogP contribution is 2.18. The first-order valence-corrected chi connectivity index (χ1v) is 8.01. The molecule has 2 rings (SSSR count). The molecule has 1 aliphatic heterocycles. The molecule has 1 N–H and O–H groups in total. The minimum atomic E-state index is -1.07. The number of amides is 1. The quantitative estimate of drug-likeness (QED) is 0.813. The van der Waals surface area contributed by atoms with E-state index < -0.39 is 12.1 Å². The van der Waals surface area contributed by atoms with E-state index in [9.17, 15) is 9.59 Å². The maximum atomic E-state index is 12.2.